The number of methoxy groups -OCH3 is 1. The predicted molar refractivity (Wildman–Crippen MR) is 77.7 cm³/mol. The summed E-state index contributed by atoms with van der Waals surface area (Å²) in [5.41, 5.74) is 0.131. The van der Waals surface area contributed by atoms with Crippen LogP contribution in [-0.2, 0) is 0 Å². The summed E-state index contributed by atoms with van der Waals surface area (Å²) in [5.74, 6) is -1.94. The first kappa shape index (κ1) is 15.9. The van der Waals surface area contributed by atoms with Crippen molar-refractivity contribution < 1.29 is 23.1 Å². The van der Waals surface area contributed by atoms with Gasteiger partial charge in [0, 0.05) is 5.56 Å². The molecule has 1 fully saturated rings. The summed E-state index contributed by atoms with van der Waals surface area (Å²) in [7, 11) is 1.19. The maximum atomic E-state index is 13.8. The number of nitrogens with zero attached hydrogens (tertiary/aromatic N) is 2. The van der Waals surface area contributed by atoms with Gasteiger partial charge in [0.05, 0.1) is 7.11 Å². The minimum absolute atomic E-state index is 0.0373. The van der Waals surface area contributed by atoms with E-state index in [4.69, 9.17) is 4.52 Å². The summed E-state index contributed by atoms with van der Waals surface area (Å²) >= 11 is 0. The van der Waals surface area contributed by atoms with Crippen LogP contribution in [0.25, 0.3) is 11.4 Å². The summed E-state index contributed by atoms with van der Waals surface area (Å²) in [4.78, 5) is 4.09. The highest BCUT2D eigenvalue weighted by molar-refractivity contribution is 5.56. The lowest BCUT2D eigenvalue weighted by atomic mass is 9.85. The number of halogens is 2. The summed E-state index contributed by atoms with van der Waals surface area (Å²) < 4.78 is 37.2. The van der Waals surface area contributed by atoms with Crippen LogP contribution in [0.5, 0.6) is 5.75 Å². The van der Waals surface area contributed by atoms with E-state index in [0.29, 0.717) is 0 Å². The Morgan fingerprint density at radius 3 is 2.48 bits per heavy atom. The maximum Gasteiger partial charge on any atom is 0.256 e. The molecule has 5 nitrogen and oxygen atoms in total. The molecule has 7 heteroatoms. The first-order chi connectivity index (χ1) is 11.1. The molecule has 1 heterocycles. The van der Waals surface area contributed by atoms with Crippen molar-refractivity contribution in [1.29, 1.82) is 0 Å². The zero-order valence-corrected chi connectivity index (χ0v) is 12.8. The monoisotopic (exact) mass is 324 g/mol. The van der Waals surface area contributed by atoms with Gasteiger partial charge in [-0.25, -0.2) is 8.78 Å². The van der Waals surface area contributed by atoms with Crippen molar-refractivity contribution in [2.45, 2.75) is 38.2 Å². The summed E-state index contributed by atoms with van der Waals surface area (Å²) in [6, 6.07) is 2.15. The van der Waals surface area contributed by atoms with Gasteiger partial charge in [0.1, 0.15) is 6.10 Å². The van der Waals surface area contributed by atoms with Crippen LogP contribution in [0.3, 0.4) is 0 Å². The molecular formula is C16H18F2N2O3. The Balaban J connectivity index is 1.84. The molecule has 0 saturated heterocycles. The van der Waals surface area contributed by atoms with Gasteiger partial charge >= 0.3 is 0 Å². The van der Waals surface area contributed by atoms with E-state index in [1.807, 2.05) is 0 Å². The molecule has 1 aromatic carbocycles. The van der Waals surface area contributed by atoms with E-state index < -0.39 is 23.5 Å². The van der Waals surface area contributed by atoms with Crippen LogP contribution in [0, 0.1) is 17.6 Å². The maximum absolute atomic E-state index is 13.8. The van der Waals surface area contributed by atoms with Gasteiger partial charge in [-0.1, -0.05) is 24.4 Å². The fourth-order valence-electron chi connectivity index (χ4n) is 3.01. The molecule has 0 amide bonds. The Morgan fingerprint density at radius 1 is 1.22 bits per heavy atom. The molecule has 1 saturated carbocycles. The number of ether oxygens (including phenoxy) is 1. The SMILES string of the molecule is COc1c(F)cc(-c2noc(C(O)C3CCCCC3)n2)cc1F. The lowest BCUT2D eigenvalue weighted by Crippen LogP contribution is -2.16. The minimum atomic E-state index is -0.846. The van der Waals surface area contributed by atoms with Crippen LogP contribution in [0.1, 0.15) is 44.1 Å². The second-order valence-electron chi connectivity index (χ2n) is 5.77. The van der Waals surface area contributed by atoms with Gasteiger partial charge in [0.15, 0.2) is 17.4 Å². The number of aliphatic hydroxyl groups is 1. The fraction of sp³-hybridized carbons (Fsp3) is 0.500. The van der Waals surface area contributed by atoms with Crippen molar-refractivity contribution in [3.05, 3.63) is 29.7 Å². The van der Waals surface area contributed by atoms with E-state index in [2.05, 4.69) is 14.9 Å². The molecule has 0 spiro atoms. The predicted octanol–water partition coefficient (Wildman–Crippen LogP) is 3.64. The lowest BCUT2D eigenvalue weighted by Gasteiger charge is -2.23. The molecular weight excluding hydrogens is 306 g/mol. The molecule has 1 aromatic heterocycles. The number of benzene rings is 1. The molecule has 124 valence electrons. The van der Waals surface area contributed by atoms with E-state index in [1.54, 1.807) is 0 Å². The van der Waals surface area contributed by atoms with Gasteiger partial charge < -0.3 is 14.4 Å². The van der Waals surface area contributed by atoms with E-state index in [9.17, 15) is 13.9 Å². The quantitative estimate of drug-likeness (QED) is 0.930. The molecule has 0 bridgehead atoms. The number of hydrogen-bond acceptors (Lipinski definition) is 5. The van der Waals surface area contributed by atoms with Crippen molar-refractivity contribution in [2.24, 2.45) is 5.92 Å². The molecule has 1 atom stereocenters. The van der Waals surface area contributed by atoms with Crippen LogP contribution < -0.4 is 4.74 Å². The van der Waals surface area contributed by atoms with Crippen LogP contribution >= 0.6 is 0 Å². The van der Waals surface area contributed by atoms with Gasteiger partial charge in [-0.3, -0.25) is 0 Å². The summed E-state index contributed by atoms with van der Waals surface area (Å²) in [6.45, 7) is 0. The third-order valence-corrected chi connectivity index (χ3v) is 4.25. The summed E-state index contributed by atoms with van der Waals surface area (Å²) in [5, 5.41) is 14.1. The van der Waals surface area contributed by atoms with Crippen molar-refractivity contribution in [1.82, 2.24) is 10.1 Å². The van der Waals surface area contributed by atoms with E-state index in [0.717, 1.165) is 37.8 Å². The Labute approximate surface area is 132 Å². The van der Waals surface area contributed by atoms with Gasteiger partial charge in [0.2, 0.25) is 5.82 Å². The zero-order valence-electron chi connectivity index (χ0n) is 12.8. The van der Waals surface area contributed by atoms with Crippen molar-refractivity contribution >= 4 is 0 Å². The molecule has 1 N–H and O–H groups in total. The van der Waals surface area contributed by atoms with E-state index in [1.165, 1.54) is 13.5 Å². The second-order valence-corrected chi connectivity index (χ2v) is 5.77. The van der Waals surface area contributed by atoms with Gasteiger partial charge in [-0.2, -0.15) is 4.98 Å². The molecule has 3 rings (SSSR count). The zero-order chi connectivity index (χ0) is 16.4. The van der Waals surface area contributed by atoms with Crippen LogP contribution in [0.2, 0.25) is 0 Å². The average Bonchev–Trinajstić information content (AvgIpc) is 3.04. The van der Waals surface area contributed by atoms with E-state index >= 15 is 0 Å². The Bertz CT molecular complexity index is 661. The molecule has 1 unspecified atom stereocenters. The average molecular weight is 324 g/mol. The molecule has 23 heavy (non-hydrogen) atoms. The lowest BCUT2D eigenvalue weighted by molar-refractivity contribution is 0.0552. The highest BCUT2D eigenvalue weighted by Gasteiger charge is 2.28. The normalized spacial score (nSPS) is 17.2. The third-order valence-electron chi connectivity index (χ3n) is 4.25. The molecule has 0 aliphatic heterocycles. The Kier molecular flexibility index (Phi) is 4.56. The second kappa shape index (κ2) is 6.62. The molecule has 1 aliphatic rings. The number of hydrogen-bond donors (Lipinski definition) is 1. The number of aromatic nitrogens is 2. The number of rotatable bonds is 4. The highest BCUT2D eigenvalue weighted by Crippen LogP contribution is 2.34. The number of aliphatic hydroxyl groups excluding tert-OH is 1. The summed E-state index contributed by atoms with van der Waals surface area (Å²) in [6.07, 6.45) is 4.28. The third kappa shape index (κ3) is 3.19. The van der Waals surface area contributed by atoms with E-state index in [-0.39, 0.29) is 23.2 Å². The first-order valence-corrected chi connectivity index (χ1v) is 7.65. The standard InChI is InChI=1S/C16H18F2N2O3/c1-22-14-11(17)7-10(8-12(14)18)15-19-16(23-20-15)13(21)9-5-3-2-4-6-9/h7-9,13,21H,2-6H2,1H3. The fourth-order valence-corrected chi connectivity index (χ4v) is 3.01. The Morgan fingerprint density at radius 2 is 1.87 bits per heavy atom. The Hall–Kier alpha value is -2.02. The minimum Gasteiger partial charge on any atom is -0.491 e. The van der Waals surface area contributed by atoms with Crippen molar-refractivity contribution in [3.8, 4) is 17.1 Å². The van der Waals surface area contributed by atoms with Crippen LogP contribution in [-0.4, -0.2) is 22.4 Å². The van der Waals surface area contributed by atoms with Gasteiger partial charge in [-0.15, -0.1) is 0 Å². The topological polar surface area (TPSA) is 68.4 Å². The van der Waals surface area contributed by atoms with Crippen molar-refractivity contribution in [2.75, 3.05) is 7.11 Å². The largest absolute Gasteiger partial charge is 0.491 e. The van der Waals surface area contributed by atoms with Crippen LogP contribution in [0.15, 0.2) is 16.7 Å². The first-order valence-electron chi connectivity index (χ1n) is 7.65. The van der Waals surface area contributed by atoms with Crippen molar-refractivity contribution in [3.63, 3.8) is 0 Å². The van der Waals surface area contributed by atoms with Gasteiger partial charge in [-0.05, 0) is 30.9 Å². The molecule has 0 radical (unpaired) electrons. The highest BCUT2D eigenvalue weighted by atomic mass is 19.1. The van der Waals surface area contributed by atoms with Crippen LogP contribution in [0.4, 0.5) is 8.78 Å². The molecule has 2 aromatic rings. The smallest absolute Gasteiger partial charge is 0.256 e. The molecule has 1 aliphatic carbocycles. The van der Waals surface area contributed by atoms with Gasteiger partial charge in [0.25, 0.3) is 5.89 Å².